The van der Waals surface area contributed by atoms with E-state index in [1.165, 1.54) is 16.7 Å². The molecule has 0 radical (unpaired) electrons. The summed E-state index contributed by atoms with van der Waals surface area (Å²) in [6.07, 6.45) is 0.617. The largest absolute Gasteiger partial charge is 0.478 e. The van der Waals surface area contributed by atoms with Gasteiger partial charge in [0.2, 0.25) is 0 Å². The average molecular weight is 515 g/mol. The number of imidazole rings is 1. The number of carboxylic acids is 1. The van der Waals surface area contributed by atoms with Gasteiger partial charge in [0, 0.05) is 22.1 Å². The van der Waals surface area contributed by atoms with E-state index in [4.69, 9.17) is 4.98 Å². The predicted molar refractivity (Wildman–Crippen MR) is 134 cm³/mol. The van der Waals surface area contributed by atoms with E-state index in [0.717, 1.165) is 16.0 Å². The number of hydrogen-bond acceptors (Lipinski definition) is 4. The Balaban J connectivity index is 1.87. The Morgan fingerprint density at radius 3 is 2.15 bits per heavy atom. The number of nitrogens with zero attached hydrogens (tertiary/aromatic N) is 4. The maximum absolute atomic E-state index is 13.8. The molecule has 2 aromatic heterocycles. The van der Waals surface area contributed by atoms with Crippen molar-refractivity contribution >= 4 is 33.1 Å². The molecule has 0 spiro atoms. The average Bonchev–Trinajstić information content (AvgIpc) is 3.24. The van der Waals surface area contributed by atoms with Gasteiger partial charge in [-0.05, 0) is 48.5 Å². The van der Waals surface area contributed by atoms with Crippen LogP contribution in [-0.4, -0.2) is 30.2 Å². The van der Waals surface area contributed by atoms with Crippen LogP contribution < -0.4 is 5.56 Å². The zero-order valence-corrected chi connectivity index (χ0v) is 19.7. The summed E-state index contributed by atoms with van der Waals surface area (Å²) in [5, 5.41) is 9.30. The summed E-state index contributed by atoms with van der Waals surface area (Å²) < 4.78 is 4.30. The second kappa shape index (κ2) is 8.72. The molecule has 1 N–H and O–H groups in total. The van der Waals surface area contributed by atoms with Gasteiger partial charge in [0.25, 0.3) is 5.56 Å². The first kappa shape index (κ1) is 21.8. The van der Waals surface area contributed by atoms with Crippen LogP contribution in [0.5, 0.6) is 0 Å². The number of hydrogen-bond donors (Lipinski definition) is 1. The Morgan fingerprint density at radius 2 is 1.53 bits per heavy atom. The molecule has 168 valence electrons. The van der Waals surface area contributed by atoms with Gasteiger partial charge >= 0.3 is 5.97 Å². The summed E-state index contributed by atoms with van der Waals surface area (Å²) in [7, 11) is 0. The molecule has 0 atom stereocenters. The van der Waals surface area contributed by atoms with Crippen LogP contribution in [0.1, 0.15) is 23.1 Å². The van der Waals surface area contributed by atoms with E-state index in [0.29, 0.717) is 29.1 Å². The third-order valence-corrected chi connectivity index (χ3v) is 6.09. The van der Waals surface area contributed by atoms with Crippen LogP contribution in [0.3, 0.4) is 0 Å². The summed E-state index contributed by atoms with van der Waals surface area (Å²) in [5.41, 5.74) is 2.70. The van der Waals surface area contributed by atoms with Crippen LogP contribution in [0.2, 0.25) is 0 Å². The summed E-state index contributed by atoms with van der Waals surface area (Å²) >= 11 is 3.44. The van der Waals surface area contributed by atoms with Gasteiger partial charge in [-0.1, -0.05) is 53.2 Å². The summed E-state index contributed by atoms with van der Waals surface area (Å²) in [6, 6.07) is 23.4. The highest BCUT2D eigenvalue weighted by atomic mass is 79.9. The third kappa shape index (κ3) is 3.72. The molecule has 0 aliphatic carbocycles. The molecule has 0 aliphatic heterocycles. The number of fused-ring (bicyclic) bond motifs is 1. The summed E-state index contributed by atoms with van der Waals surface area (Å²) in [4.78, 5) is 34.8. The van der Waals surface area contributed by atoms with Crippen LogP contribution in [0.4, 0.5) is 0 Å². The molecule has 3 aromatic carbocycles. The van der Waals surface area contributed by atoms with Gasteiger partial charge in [0.05, 0.1) is 11.3 Å². The van der Waals surface area contributed by atoms with E-state index in [-0.39, 0.29) is 16.6 Å². The van der Waals surface area contributed by atoms with Crippen molar-refractivity contribution in [3.63, 3.8) is 0 Å². The smallest absolute Gasteiger partial charge is 0.335 e. The molecule has 0 aliphatic rings. The maximum atomic E-state index is 13.8. The zero-order chi connectivity index (χ0) is 23.8. The van der Waals surface area contributed by atoms with Gasteiger partial charge in [0.15, 0.2) is 11.2 Å². The lowest BCUT2D eigenvalue weighted by Crippen LogP contribution is -2.22. The molecular weight excluding hydrogens is 496 g/mol. The quantitative estimate of drug-likeness (QED) is 0.345. The first-order valence-corrected chi connectivity index (χ1v) is 11.5. The summed E-state index contributed by atoms with van der Waals surface area (Å²) in [5.74, 6) is 0.109. The van der Waals surface area contributed by atoms with E-state index in [2.05, 4.69) is 20.9 Å². The molecule has 0 unspecified atom stereocenters. The first-order chi connectivity index (χ1) is 16.5. The Kier molecular flexibility index (Phi) is 5.59. The number of aromatic nitrogens is 4. The number of aryl methyl sites for hydroxylation is 1. The molecule has 0 bridgehead atoms. The summed E-state index contributed by atoms with van der Waals surface area (Å²) in [6.45, 7) is 1.99. The Morgan fingerprint density at radius 1 is 0.882 bits per heavy atom. The second-order valence-electron chi connectivity index (χ2n) is 7.66. The van der Waals surface area contributed by atoms with Gasteiger partial charge in [-0.3, -0.25) is 13.9 Å². The molecule has 2 heterocycles. The molecule has 5 rings (SSSR count). The van der Waals surface area contributed by atoms with E-state index < -0.39 is 5.97 Å². The number of para-hydroxylation sites is 1. The van der Waals surface area contributed by atoms with Crippen LogP contribution in [0.25, 0.3) is 33.9 Å². The van der Waals surface area contributed by atoms with Crippen molar-refractivity contribution in [1.82, 2.24) is 19.1 Å². The second-order valence-corrected chi connectivity index (χ2v) is 8.58. The number of carbonyl (C=O) groups is 1. The molecule has 7 nitrogen and oxygen atoms in total. The van der Waals surface area contributed by atoms with Crippen molar-refractivity contribution in [1.29, 1.82) is 0 Å². The minimum atomic E-state index is -1.02. The molecule has 5 aromatic rings. The maximum Gasteiger partial charge on any atom is 0.335 e. The van der Waals surface area contributed by atoms with E-state index in [1.807, 2.05) is 66.1 Å². The van der Waals surface area contributed by atoms with E-state index in [9.17, 15) is 14.7 Å². The van der Waals surface area contributed by atoms with Gasteiger partial charge in [-0.25, -0.2) is 14.8 Å². The topological polar surface area (TPSA) is 90.0 Å². The number of halogens is 1. The number of benzene rings is 3. The Hall–Kier alpha value is -4.04. The van der Waals surface area contributed by atoms with Crippen molar-refractivity contribution in [2.75, 3.05) is 0 Å². The highest BCUT2D eigenvalue weighted by Crippen LogP contribution is 2.26. The monoisotopic (exact) mass is 514 g/mol. The number of carboxylic acid groups (broad SMARTS) is 1. The van der Waals surface area contributed by atoms with Gasteiger partial charge in [-0.2, -0.15) is 0 Å². The fourth-order valence-electron chi connectivity index (χ4n) is 3.93. The number of aromatic carboxylic acids is 1. The lowest BCUT2D eigenvalue weighted by molar-refractivity contribution is 0.0697. The van der Waals surface area contributed by atoms with Crippen LogP contribution >= 0.6 is 15.9 Å². The van der Waals surface area contributed by atoms with Crippen molar-refractivity contribution < 1.29 is 9.90 Å². The Bertz CT molecular complexity index is 1570. The van der Waals surface area contributed by atoms with Gasteiger partial charge in [0.1, 0.15) is 11.6 Å². The molecular formula is C26H19BrN4O3. The Labute approximate surface area is 203 Å². The molecule has 8 heteroatoms. The fourth-order valence-corrected chi connectivity index (χ4v) is 4.19. The molecule has 0 saturated heterocycles. The molecule has 34 heavy (non-hydrogen) atoms. The highest BCUT2D eigenvalue weighted by Gasteiger charge is 2.21. The third-order valence-electron chi connectivity index (χ3n) is 5.56. The van der Waals surface area contributed by atoms with Crippen molar-refractivity contribution in [3.05, 3.63) is 105 Å². The van der Waals surface area contributed by atoms with Gasteiger partial charge in [-0.15, -0.1) is 0 Å². The highest BCUT2D eigenvalue weighted by molar-refractivity contribution is 9.10. The molecule has 0 amide bonds. The number of rotatable bonds is 5. The normalized spacial score (nSPS) is 11.1. The van der Waals surface area contributed by atoms with Crippen molar-refractivity contribution in [2.45, 2.75) is 13.3 Å². The molecule has 0 saturated carbocycles. The van der Waals surface area contributed by atoms with Crippen LogP contribution in [-0.2, 0) is 6.42 Å². The minimum absolute atomic E-state index is 0.157. The SMILES string of the molecule is CCc1nc2c(=O)n(-c3ccc(Br)cc3)c(-c3ccc(C(=O)O)cc3)nc2n1-c1ccccc1. The van der Waals surface area contributed by atoms with E-state index >= 15 is 0 Å². The minimum Gasteiger partial charge on any atom is -0.478 e. The lowest BCUT2D eigenvalue weighted by atomic mass is 10.1. The first-order valence-electron chi connectivity index (χ1n) is 10.7. The lowest BCUT2D eigenvalue weighted by Gasteiger charge is -2.14. The van der Waals surface area contributed by atoms with E-state index in [1.54, 1.807) is 12.1 Å². The fraction of sp³-hybridized carbons (Fsp3) is 0.0769. The van der Waals surface area contributed by atoms with Crippen LogP contribution in [0.15, 0.2) is 88.1 Å². The van der Waals surface area contributed by atoms with Gasteiger partial charge < -0.3 is 5.11 Å². The molecule has 0 fully saturated rings. The predicted octanol–water partition coefficient (Wildman–Crippen LogP) is 5.26. The zero-order valence-electron chi connectivity index (χ0n) is 18.1. The van der Waals surface area contributed by atoms with Crippen LogP contribution in [0, 0.1) is 0 Å². The van der Waals surface area contributed by atoms with Crippen molar-refractivity contribution in [3.8, 4) is 22.8 Å². The standard InChI is InChI=1S/C26H19BrN4O3/c1-2-21-28-22-24(30(21)19-6-4-3-5-7-19)29-23(16-8-10-17(11-9-16)26(33)34)31(25(22)32)20-14-12-18(27)13-15-20/h3-15H,2H2,1H3,(H,33,34). The van der Waals surface area contributed by atoms with Crippen molar-refractivity contribution in [2.24, 2.45) is 0 Å².